The monoisotopic (exact) mass is 327 g/mol. The fraction of sp³-hybridized carbons (Fsp3) is 0.429. The molecule has 8 heteroatoms. The molecule has 0 radical (unpaired) electrons. The molecule has 1 saturated heterocycles. The number of hydrogen-bond donors (Lipinski definition) is 2. The quantitative estimate of drug-likeness (QED) is 0.850. The van der Waals surface area contributed by atoms with E-state index in [1.165, 1.54) is 0 Å². The van der Waals surface area contributed by atoms with Crippen LogP contribution in [0.2, 0.25) is 5.02 Å². The predicted molar refractivity (Wildman–Crippen MR) is 80.4 cm³/mol. The van der Waals surface area contributed by atoms with Gasteiger partial charge in [-0.3, -0.25) is 10.2 Å². The lowest BCUT2D eigenvalue weighted by atomic mass is 10.1. The minimum absolute atomic E-state index is 0.0840. The third-order valence-electron chi connectivity index (χ3n) is 3.19. The Kier molecular flexibility index (Phi) is 5.85. The summed E-state index contributed by atoms with van der Waals surface area (Å²) in [5.41, 5.74) is 7.72. The summed E-state index contributed by atoms with van der Waals surface area (Å²) in [6.45, 7) is 1.09. The largest absolute Gasteiger partial charge is 0.484 e. The third-order valence-corrected chi connectivity index (χ3v) is 3.44. The minimum atomic E-state index is -0.765. The molecule has 1 heterocycles. The molecule has 0 bridgehead atoms. The fourth-order valence-electron chi connectivity index (χ4n) is 2.14. The van der Waals surface area contributed by atoms with E-state index < -0.39 is 6.09 Å². The number of ether oxygens (including phenoxy) is 2. The molecule has 0 aliphatic carbocycles. The van der Waals surface area contributed by atoms with Crippen LogP contribution in [0.25, 0.3) is 0 Å². The van der Waals surface area contributed by atoms with E-state index in [4.69, 9.17) is 26.8 Å². The van der Waals surface area contributed by atoms with Crippen molar-refractivity contribution in [3.05, 3.63) is 29.3 Å². The van der Waals surface area contributed by atoms with Crippen molar-refractivity contribution in [2.45, 2.75) is 18.9 Å². The zero-order chi connectivity index (χ0) is 15.9. The van der Waals surface area contributed by atoms with Gasteiger partial charge in [0.05, 0.1) is 0 Å². The number of piperidine rings is 1. The number of rotatable bonds is 5. The van der Waals surface area contributed by atoms with Gasteiger partial charge in [0.2, 0.25) is 0 Å². The van der Waals surface area contributed by atoms with Crippen molar-refractivity contribution in [2.24, 2.45) is 5.73 Å². The first kappa shape index (κ1) is 16.4. The zero-order valence-corrected chi connectivity index (χ0v) is 12.7. The molecule has 1 aliphatic rings. The number of amides is 2. The van der Waals surface area contributed by atoms with E-state index in [2.05, 4.69) is 5.43 Å². The maximum Gasteiger partial charge on any atom is 0.404 e. The molecule has 1 aromatic rings. The number of nitrogens with two attached hydrogens (primary N) is 1. The molecule has 2 rings (SSSR count). The van der Waals surface area contributed by atoms with Crippen molar-refractivity contribution in [3.63, 3.8) is 0 Å². The first-order chi connectivity index (χ1) is 10.5. The van der Waals surface area contributed by atoms with Gasteiger partial charge in [-0.15, -0.1) is 0 Å². The van der Waals surface area contributed by atoms with Gasteiger partial charge in [-0.1, -0.05) is 11.6 Å². The summed E-state index contributed by atoms with van der Waals surface area (Å²) in [5, 5.41) is 2.38. The van der Waals surface area contributed by atoms with Gasteiger partial charge in [0.25, 0.3) is 5.91 Å². The highest BCUT2D eigenvalue weighted by atomic mass is 35.5. The number of benzene rings is 1. The van der Waals surface area contributed by atoms with E-state index in [9.17, 15) is 9.59 Å². The molecule has 0 unspecified atom stereocenters. The SMILES string of the molecule is NC(=O)OC1CCN(NC(=O)COc2ccc(Cl)cc2)CC1. The van der Waals surface area contributed by atoms with Crippen molar-refractivity contribution in [3.8, 4) is 5.75 Å². The second-order valence-corrected chi connectivity index (χ2v) is 5.34. The Morgan fingerprint density at radius 2 is 1.91 bits per heavy atom. The van der Waals surface area contributed by atoms with Crippen LogP contribution in [-0.4, -0.2) is 42.8 Å². The lowest BCUT2D eigenvalue weighted by Crippen LogP contribution is -2.49. The summed E-state index contributed by atoms with van der Waals surface area (Å²) >= 11 is 5.77. The highest BCUT2D eigenvalue weighted by molar-refractivity contribution is 6.30. The van der Waals surface area contributed by atoms with Gasteiger partial charge in [-0.2, -0.15) is 0 Å². The van der Waals surface area contributed by atoms with Crippen LogP contribution >= 0.6 is 11.6 Å². The number of nitrogens with zero attached hydrogens (tertiary/aromatic N) is 1. The average Bonchev–Trinajstić information content (AvgIpc) is 2.48. The summed E-state index contributed by atoms with van der Waals surface area (Å²) in [6.07, 6.45) is 0.303. The van der Waals surface area contributed by atoms with Crippen LogP contribution < -0.4 is 15.9 Å². The lowest BCUT2D eigenvalue weighted by Gasteiger charge is -2.31. The van der Waals surface area contributed by atoms with E-state index in [1.54, 1.807) is 29.3 Å². The van der Waals surface area contributed by atoms with Crippen molar-refractivity contribution in [2.75, 3.05) is 19.7 Å². The molecule has 0 saturated carbocycles. The van der Waals surface area contributed by atoms with Gasteiger partial charge in [0, 0.05) is 18.1 Å². The van der Waals surface area contributed by atoms with E-state index in [1.807, 2.05) is 0 Å². The second-order valence-electron chi connectivity index (χ2n) is 4.90. The lowest BCUT2D eigenvalue weighted by molar-refractivity contribution is -0.129. The average molecular weight is 328 g/mol. The summed E-state index contributed by atoms with van der Waals surface area (Å²) < 4.78 is 10.3. The van der Waals surface area contributed by atoms with Crippen LogP contribution in [0, 0.1) is 0 Å². The van der Waals surface area contributed by atoms with Gasteiger partial charge < -0.3 is 15.2 Å². The third kappa shape index (κ3) is 5.42. The first-order valence-corrected chi connectivity index (χ1v) is 7.29. The number of hydrogen-bond acceptors (Lipinski definition) is 5. The molecule has 0 spiro atoms. The maximum absolute atomic E-state index is 11.8. The molecule has 2 amide bonds. The predicted octanol–water partition coefficient (Wildman–Crippen LogP) is 1.31. The summed E-state index contributed by atoms with van der Waals surface area (Å²) in [7, 11) is 0. The van der Waals surface area contributed by atoms with Crippen LogP contribution in [0.15, 0.2) is 24.3 Å². The number of halogens is 1. The first-order valence-electron chi connectivity index (χ1n) is 6.92. The van der Waals surface area contributed by atoms with Gasteiger partial charge in [0.15, 0.2) is 6.61 Å². The smallest absolute Gasteiger partial charge is 0.404 e. The Morgan fingerprint density at radius 1 is 1.27 bits per heavy atom. The van der Waals surface area contributed by atoms with Crippen LogP contribution in [0.4, 0.5) is 4.79 Å². The normalized spacial score (nSPS) is 16.0. The van der Waals surface area contributed by atoms with Crippen molar-refractivity contribution in [1.29, 1.82) is 0 Å². The summed E-state index contributed by atoms with van der Waals surface area (Å²) in [5.74, 6) is 0.331. The molecular weight excluding hydrogens is 310 g/mol. The maximum atomic E-state index is 11.8. The van der Waals surface area contributed by atoms with Gasteiger partial charge in [-0.25, -0.2) is 9.80 Å². The van der Waals surface area contributed by atoms with Crippen molar-refractivity contribution >= 4 is 23.6 Å². The molecule has 1 fully saturated rings. The van der Waals surface area contributed by atoms with Crippen LogP contribution in [0.3, 0.4) is 0 Å². The van der Waals surface area contributed by atoms with Crippen LogP contribution in [0.5, 0.6) is 5.75 Å². The Bertz CT molecular complexity index is 515. The Hall–Kier alpha value is -1.99. The van der Waals surface area contributed by atoms with Gasteiger partial charge >= 0.3 is 6.09 Å². The van der Waals surface area contributed by atoms with E-state index >= 15 is 0 Å². The Labute approximate surface area is 133 Å². The van der Waals surface area contributed by atoms with Crippen molar-refractivity contribution in [1.82, 2.24) is 10.4 Å². The molecule has 0 aromatic heterocycles. The molecule has 0 atom stereocenters. The van der Waals surface area contributed by atoms with Crippen molar-refractivity contribution < 1.29 is 19.1 Å². The number of primary amides is 1. The molecule has 3 N–H and O–H groups in total. The van der Waals surface area contributed by atoms with E-state index in [0.717, 1.165) is 0 Å². The molecular formula is C14H18ClN3O4. The second kappa shape index (κ2) is 7.86. The summed E-state index contributed by atoms with van der Waals surface area (Å²) in [6, 6.07) is 6.78. The Morgan fingerprint density at radius 3 is 2.50 bits per heavy atom. The molecule has 1 aliphatic heterocycles. The number of carbonyl (C=O) groups is 2. The highest BCUT2D eigenvalue weighted by Crippen LogP contribution is 2.15. The molecule has 1 aromatic carbocycles. The minimum Gasteiger partial charge on any atom is -0.484 e. The standard InChI is InChI=1S/C14H18ClN3O4/c15-10-1-3-11(4-2-10)21-9-13(19)17-18-7-5-12(6-8-18)22-14(16)20/h1-4,12H,5-9H2,(H2,16,20)(H,17,19). The van der Waals surface area contributed by atoms with Crippen LogP contribution in [0.1, 0.15) is 12.8 Å². The van der Waals surface area contributed by atoms with E-state index in [0.29, 0.717) is 36.7 Å². The highest BCUT2D eigenvalue weighted by Gasteiger charge is 2.22. The molecule has 7 nitrogen and oxygen atoms in total. The number of nitrogens with one attached hydrogen (secondary N) is 1. The fourth-order valence-corrected chi connectivity index (χ4v) is 2.26. The zero-order valence-electron chi connectivity index (χ0n) is 12.0. The topological polar surface area (TPSA) is 93.9 Å². The van der Waals surface area contributed by atoms with Gasteiger partial charge in [-0.05, 0) is 37.1 Å². The Balaban J connectivity index is 1.67. The summed E-state index contributed by atoms with van der Waals surface area (Å²) in [4.78, 5) is 22.5. The number of hydrazine groups is 1. The molecule has 120 valence electrons. The molecule has 22 heavy (non-hydrogen) atoms. The van der Waals surface area contributed by atoms with Crippen LogP contribution in [-0.2, 0) is 9.53 Å². The number of carbonyl (C=O) groups excluding carboxylic acids is 2. The van der Waals surface area contributed by atoms with E-state index in [-0.39, 0.29) is 18.6 Å². The van der Waals surface area contributed by atoms with Gasteiger partial charge in [0.1, 0.15) is 11.9 Å².